The predicted molar refractivity (Wildman–Crippen MR) is 116 cm³/mol. The highest BCUT2D eigenvalue weighted by Crippen LogP contribution is 2.22. The molecule has 0 aliphatic rings. The molecule has 0 fully saturated rings. The van der Waals surface area contributed by atoms with Crippen LogP contribution in [0.15, 0.2) is 23.2 Å². The molecular formula is C17H30ClIN4O2. The van der Waals surface area contributed by atoms with Crippen molar-refractivity contribution >= 4 is 41.5 Å². The summed E-state index contributed by atoms with van der Waals surface area (Å²) in [5.41, 5.74) is 1.08. The first-order valence-corrected chi connectivity index (χ1v) is 8.43. The van der Waals surface area contributed by atoms with Crippen molar-refractivity contribution in [1.29, 1.82) is 0 Å². The third-order valence-corrected chi connectivity index (χ3v) is 3.99. The molecule has 0 unspecified atom stereocenters. The summed E-state index contributed by atoms with van der Waals surface area (Å²) in [6, 6.07) is 5.74. The van der Waals surface area contributed by atoms with Gasteiger partial charge in [-0.15, -0.1) is 24.0 Å². The molecule has 0 aliphatic heterocycles. The molecule has 0 amide bonds. The van der Waals surface area contributed by atoms with Crippen LogP contribution >= 0.6 is 35.6 Å². The van der Waals surface area contributed by atoms with Gasteiger partial charge in [-0.25, -0.2) is 0 Å². The van der Waals surface area contributed by atoms with Gasteiger partial charge in [0.05, 0.1) is 13.7 Å². The van der Waals surface area contributed by atoms with Gasteiger partial charge >= 0.3 is 0 Å². The third kappa shape index (κ3) is 10.1. The molecule has 8 heteroatoms. The van der Waals surface area contributed by atoms with Crippen molar-refractivity contribution in [2.45, 2.75) is 6.42 Å². The van der Waals surface area contributed by atoms with E-state index in [4.69, 9.17) is 21.1 Å². The number of nitrogens with zero attached hydrogens (tertiary/aromatic N) is 2. The van der Waals surface area contributed by atoms with Crippen LogP contribution < -0.4 is 15.4 Å². The van der Waals surface area contributed by atoms with Gasteiger partial charge in [-0.3, -0.25) is 4.99 Å². The Morgan fingerprint density at radius 1 is 1.20 bits per heavy atom. The molecule has 144 valence electrons. The Bertz CT molecular complexity index is 517. The monoisotopic (exact) mass is 484 g/mol. The lowest BCUT2D eigenvalue weighted by atomic mass is 10.1. The molecule has 0 aromatic heterocycles. The summed E-state index contributed by atoms with van der Waals surface area (Å²) in [5, 5.41) is 7.32. The lowest BCUT2D eigenvalue weighted by Crippen LogP contribution is -2.42. The molecule has 2 N–H and O–H groups in total. The molecule has 0 bridgehead atoms. The predicted octanol–water partition coefficient (Wildman–Crippen LogP) is 2.25. The van der Waals surface area contributed by atoms with Gasteiger partial charge in [0.25, 0.3) is 0 Å². The highest BCUT2D eigenvalue weighted by Gasteiger charge is 2.04. The van der Waals surface area contributed by atoms with E-state index >= 15 is 0 Å². The van der Waals surface area contributed by atoms with Gasteiger partial charge in [-0.2, -0.15) is 0 Å². The second kappa shape index (κ2) is 14.4. The van der Waals surface area contributed by atoms with Crippen LogP contribution in [0.2, 0.25) is 5.02 Å². The smallest absolute Gasteiger partial charge is 0.191 e. The number of nitrogens with one attached hydrogen (secondary N) is 2. The fourth-order valence-corrected chi connectivity index (χ4v) is 2.38. The molecule has 0 aliphatic carbocycles. The SMILES string of the molecule is CN=C(NCCc1ccc(OC)cc1Cl)NCCN(C)CCOC.I. The fourth-order valence-electron chi connectivity index (χ4n) is 2.12. The lowest BCUT2D eigenvalue weighted by molar-refractivity contribution is 0.162. The summed E-state index contributed by atoms with van der Waals surface area (Å²) in [7, 11) is 7.19. The highest BCUT2D eigenvalue weighted by molar-refractivity contribution is 14.0. The molecule has 0 saturated heterocycles. The van der Waals surface area contributed by atoms with Crippen LogP contribution in [0.1, 0.15) is 5.56 Å². The Morgan fingerprint density at radius 2 is 1.92 bits per heavy atom. The second-order valence-electron chi connectivity index (χ2n) is 5.43. The Labute approximate surface area is 173 Å². The summed E-state index contributed by atoms with van der Waals surface area (Å²) < 4.78 is 10.2. The van der Waals surface area contributed by atoms with Crippen molar-refractivity contribution in [2.24, 2.45) is 4.99 Å². The van der Waals surface area contributed by atoms with E-state index in [-0.39, 0.29) is 24.0 Å². The maximum atomic E-state index is 6.25. The van der Waals surface area contributed by atoms with Crippen LogP contribution in [0.4, 0.5) is 0 Å². The number of methoxy groups -OCH3 is 2. The van der Waals surface area contributed by atoms with Gasteiger partial charge < -0.3 is 25.0 Å². The minimum absolute atomic E-state index is 0. The maximum Gasteiger partial charge on any atom is 0.191 e. The molecule has 6 nitrogen and oxygen atoms in total. The van der Waals surface area contributed by atoms with E-state index in [9.17, 15) is 0 Å². The summed E-state index contributed by atoms with van der Waals surface area (Å²) in [6.45, 7) is 4.16. The van der Waals surface area contributed by atoms with Crippen molar-refractivity contribution in [1.82, 2.24) is 15.5 Å². The van der Waals surface area contributed by atoms with Crippen LogP contribution in [-0.2, 0) is 11.2 Å². The largest absolute Gasteiger partial charge is 0.497 e. The molecule has 0 heterocycles. The van der Waals surface area contributed by atoms with Gasteiger partial charge in [-0.05, 0) is 31.2 Å². The van der Waals surface area contributed by atoms with Crippen molar-refractivity contribution in [3.05, 3.63) is 28.8 Å². The quantitative estimate of drug-likeness (QED) is 0.303. The Hall–Kier alpha value is -0.770. The number of hydrogen-bond donors (Lipinski definition) is 2. The van der Waals surface area contributed by atoms with Gasteiger partial charge in [0.1, 0.15) is 5.75 Å². The summed E-state index contributed by atoms with van der Waals surface area (Å²) >= 11 is 6.25. The van der Waals surface area contributed by atoms with Crippen molar-refractivity contribution in [3.63, 3.8) is 0 Å². The zero-order valence-electron chi connectivity index (χ0n) is 15.5. The molecule has 1 rings (SSSR count). The highest BCUT2D eigenvalue weighted by atomic mass is 127. The Balaban J connectivity index is 0.00000576. The molecule has 25 heavy (non-hydrogen) atoms. The average Bonchev–Trinajstić information content (AvgIpc) is 2.59. The zero-order chi connectivity index (χ0) is 17.8. The number of guanidine groups is 1. The Morgan fingerprint density at radius 3 is 2.52 bits per heavy atom. The topological polar surface area (TPSA) is 58.1 Å². The van der Waals surface area contributed by atoms with Gasteiger partial charge in [-0.1, -0.05) is 17.7 Å². The van der Waals surface area contributed by atoms with Crippen molar-refractivity contribution in [2.75, 3.05) is 61.1 Å². The number of hydrogen-bond acceptors (Lipinski definition) is 4. The van der Waals surface area contributed by atoms with Crippen LogP contribution in [-0.4, -0.2) is 72.0 Å². The lowest BCUT2D eigenvalue weighted by Gasteiger charge is -2.18. The number of ether oxygens (including phenoxy) is 2. The van der Waals surface area contributed by atoms with Gasteiger partial charge in [0.2, 0.25) is 0 Å². The van der Waals surface area contributed by atoms with Gasteiger partial charge in [0, 0.05) is 45.4 Å². The van der Waals surface area contributed by atoms with E-state index in [1.165, 1.54) is 0 Å². The summed E-state index contributed by atoms with van der Waals surface area (Å²) in [5.74, 6) is 1.56. The number of benzene rings is 1. The molecule has 1 aromatic rings. The third-order valence-electron chi connectivity index (χ3n) is 3.63. The number of rotatable bonds is 10. The number of aliphatic imine (C=N–C) groups is 1. The van der Waals surface area contributed by atoms with E-state index in [1.54, 1.807) is 21.3 Å². The van der Waals surface area contributed by atoms with E-state index in [1.807, 2.05) is 18.2 Å². The van der Waals surface area contributed by atoms with Crippen LogP contribution in [0.3, 0.4) is 0 Å². The number of halogens is 2. The fraction of sp³-hybridized carbons (Fsp3) is 0.588. The number of likely N-dealkylation sites (N-methyl/N-ethyl adjacent to an activating group) is 1. The molecule has 0 saturated carbocycles. The minimum Gasteiger partial charge on any atom is -0.497 e. The van der Waals surface area contributed by atoms with Crippen molar-refractivity contribution in [3.8, 4) is 5.75 Å². The van der Waals surface area contributed by atoms with E-state index in [2.05, 4.69) is 27.6 Å². The molecule has 1 aromatic carbocycles. The van der Waals surface area contributed by atoms with Crippen LogP contribution in [0.25, 0.3) is 0 Å². The van der Waals surface area contributed by atoms with Crippen molar-refractivity contribution < 1.29 is 9.47 Å². The maximum absolute atomic E-state index is 6.25. The second-order valence-corrected chi connectivity index (χ2v) is 5.84. The van der Waals surface area contributed by atoms with Gasteiger partial charge in [0.15, 0.2) is 5.96 Å². The minimum atomic E-state index is 0. The molecule has 0 spiro atoms. The first-order valence-electron chi connectivity index (χ1n) is 8.05. The normalized spacial score (nSPS) is 11.2. The van der Waals surface area contributed by atoms with E-state index in [0.717, 1.165) is 61.5 Å². The molecular weight excluding hydrogens is 455 g/mol. The molecule has 0 radical (unpaired) electrons. The van der Waals surface area contributed by atoms with Crippen LogP contribution in [0.5, 0.6) is 5.75 Å². The summed E-state index contributed by atoms with van der Waals surface area (Å²) in [4.78, 5) is 6.44. The standard InChI is InChI=1S/C17H29ClN4O2.HI/c1-19-17(21-9-10-22(2)11-12-23-3)20-8-7-14-5-6-15(24-4)13-16(14)18;/h5-6,13H,7-12H2,1-4H3,(H2,19,20,21);1H. The van der Waals surface area contributed by atoms with E-state index < -0.39 is 0 Å². The first kappa shape index (κ1) is 24.2. The van der Waals surface area contributed by atoms with E-state index in [0.29, 0.717) is 0 Å². The Kier molecular flexibility index (Phi) is 14.0. The molecule has 0 atom stereocenters. The first-order chi connectivity index (χ1) is 11.6. The zero-order valence-corrected chi connectivity index (χ0v) is 18.6. The summed E-state index contributed by atoms with van der Waals surface area (Å²) in [6.07, 6.45) is 0.817. The average molecular weight is 485 g/mol. The van der Waals surface area contributed by atoms with Crippen LogP contribution in [0, 0.1) is 0 Å².